The number of nitrogens with one attached hydrogen (secondary N) is 1. The first-order valence-corrected chi connectivity index (χ1v) is 6.75. The van der Waals surface area contributed by atoms with E-state index in [2.05, 4.69) is 17.1 Å². The van der Waals surface area contributed by atoms with Gasteiger partial charge in [0.25, 0.3) is 5.56 Å². The third kappa shape index (κ3) is 2.33. The van der Waals surface area contributed by atoms with Crippen LogP contribution in [-0.2, 0) is 7.05 Å². The fourth-order valence-corrected chi connectivity index (χ4v) is 2.83. The summed E-state index contributed by atoms with van der Waals surface area (Å²) < 4.78 is 15.5. The van der Waals surface area contributed by atoms with E-state index in [1.807, 2.05) is 37.7 Å². The lowest BCUT2D eigenvalue weighted by Gasteiger charge is -2.07. The van der Waals surface area contributed by atoms with E-state index in [-0.39, 0.29) is 5.56 Å². The molecule has 2 aromatic heterocycles. The largest absolute Gasteiger partial charge is 0.326 e. The van der Waals surface area contributed by atoms with Gasteiger partial charge in [-0.2, -0.15) is 0 Å². The Hall–Kier alpha value is -2.49. The summed E-state index contributed by atoms with van der Waals surface area (Å²) in [5.41, 5.74) is 3.89. The summed E-state index contributed by atoms with van der Waals surface area (Å²) in [5.74, 6) is -0.450. The summed E-state index contributed by atoms with van der Waals surface area (Å²) in [6, 6.07) is 7.34. The molecular formula is C17H16FN2O+. The van der Waals surface area contributed by atoms with Crippen LogP contribution in [0.4, 0.5) is 4.39 Å². The number of nitrogens with zero attached hydrogens (tertiary/aromatic N) is 1. The number of halogens is 1. The molecule has 0 amide bonds. The highest BCUT2D eigenvalue weighted by Gasteiger charge is 2.17. The normalized spacial score (nSPS) is 11.0. The van der Waals surface area contributed by atoms with Gasteiger partial charge in [0.05, 0.1) is 11.1 Å². The van der Waals surface area contributed by atoms with Gasteiger partial charge in [0, 0.05) is 17.1 Å². The molecule has 0 aliphatic carbocycles. The molecule has 106 valence electrons. The fourth-order valence-electron chi connectivity index (χ4n) is 2.83. The fraction of sp³-hybridized carbons (Fsp3) is 0.176. The lowest BCUT2D eigenvalue weighted by atomic mass is 9.99. The molecule has 0 bridgehead atoms. The molecule has 0 radical (unpaired) electrons. The van der Waals surface area contributed by atoms with Crippen molar-refractivity contribution in [2.45, 2.75) is 13.8 Å². The van der Waals surface area contributed by atoms with Gasteiger partial charge in [-0.1, -0.05) is 0 Å². The Kier molecular flexibility index (Phi) is 3.09. The van der Waals surface area contributed by atoms with Crippen molar-refractivity contribution in [2.75, 3.05) is 0 Å². The minimum atomic E-state index is -0.450. The van der Waals surface area contributed by atoms with Crippen molar-refractivity contribution in [1.29, 1.82) is 0 Å². The molecule has 0 unspecified atom stereocenters. The number of aromatic amines is 1. The van der Waals surface area contributed by atoms with Crippen LogP contribution in [0.5, 0.6) is 0 Å². The summed E-state index contributed by atoms with van der Waals surface area (Å²) in [6.07, 6.45) is 3.07. The van der Waals surface area contributed by atoms with Gasteiger partial charge in [0.15, 0.2) is 6.20 Å². The van der Waals surface area contributed by atoms with Gasteiger partial charge in [0.1, 0.15) is 12.9 Å². The quantitative estimate of drug-likeness (QED) is 0.685. The van der Waals surface area contributed by atoms with Crippen molar-refractivity contribution >= 4 is 10.9 Å². The number of aryl methyl sites for hydroxylation is 3. The molecule has 0 saturated heterocycles. The smallest absolute Gasteiger partial charge is 0.256 e. The Morgan fingerprint density at radius 2 is 1.76 bits per heavy atom. The van der Waals surface area contributed by atoms with E-state index in [0.717, 1.165) is 33.8 Å². The van der Waals surface area contributed by atoms with Crippen LogP contribution < -0.4 is 10.1 Å². The van der Waals surface area contributed by atoms with Crippen molar-refractivity contribution in [2.24, 2.45) is 7.05 Å². The van der Waals surface area contributed by atoms with Gasteiger partial charge in [0.2, 0.25) is 5.52 Å². The van der Waals surface area contributed by atoms with E-state index in [1.165, 1.54) is 6.07 Å². The van der Waals surface area contributed by atoms with Crippen molar-refractivity contribution in [3.05, 3.63) is 64.0 Å². The van der Waals surface area contributed by atoms with Gasteiger partial charge in [-0.05, 0) is 43.7 Å². The lowest BCUT2D eigenvalue weighted by Crippen LogP contribution is -2.30. The standard InChI is InChI=1S/C17H15FN2O/c1-10-4-12-5-11(2)9-20(3)16(12)14(6-10)15-7-13(18)8-19-17(15)21/h4-9H,1-3H3/p+1. The molecule has 0 aliphatic heterocycles. The molecule has 0 saturated carbocycles. The van der Waals surface area contributed by atoms with Crippen LogP contribution in [-0.4, -0.2) is 4.98 Å². The van der Waals surface area contributed by atoms with E-state index in [4.69, 9.17) is 0 Å². The summed E-state index contributed by atoms with van der Waals surface area (Å²) >= 11 is 0. The first-order chi connectivity index (χ1) is 9.95. The van der Waals surface area contributed by atoms with Gasteiger partial charge in [-0.3, -0.25) is 4.79 Å². The number of aromatic nitrogens is 2. The van der Waals surface area contributed by atoms with Crippen molar-refractivity contribution < 1.29 is 8.96 Å². The molecule has 0 spiro atoms. The molecule has 3 nitrogen and oxygen atoms in total. The lowest BCUT2D eigenvalue weighted by molar-refractivity contribution is -0.644. The summed E-state index contributed by atoms with van der Waals surface area (Å²) in [7, 11) is 1.93. The molecular weight excluding hydrogens is 267 g/mol. The molecule has 2 heterocycles. The first kappa shape index (κ1) is 13.5. The zero-order valence-electron chi connectivity index (χ0n) is 12.2. The van der Waals surface area contributed by atoms with Crippen LogP contribution in [0.15, 0.2) is 41.5 Å². The van der Waals surface area contributed by atoms with E-state index in [0.29, 0.717) is 5.56 Å². The van der Waals surface area contributed by atoms with Crippen LogP contribution in [0.2, 0.25) is 0 Å². The van der Waals surface area contributed by atoms with E-state index < -0.39 is 5.82 Å². The number of hydrogen-bond acceptors (Lipinski definition) is 1. The first-order valence-electron chi connectivity index (χ1n) is 6.75. The predicted octanol–water partition coefficient (Wildman–Crippen LogP) is 2.78. The van der Waals surface area contributed by atoms with Gasteiger partial charge < -0.3 is 4.98 Å². The average molecular weight is 283 g/mol. The minimum Gasteiger partial charge on any atom is -0.326 e. The Bertz CT molecular complexity index is 907. The number of benzene rings is 1. The Morgan fingerprint density at radius 1 is 1.05 bits per heavy atom. The van der Waals surface area contributed by atoms with Crippen LogP contribution in [0, 0.1) is 19.7 Å². The van der Waals surface area contributed by atoms with Crippen LogP contribution in [0.25, 0.3) is 22.0 Å². The van der Waals surface area contributed by atoms with Gasteiger partial charge >= 0.3 is 0 Å². The van der Waals surface area contributed by atoms with Crippen molar-refractivity contribution in [3.8, 4) is 11.1 Å². The minimum absolute atomic E-state index is 0.288. The zero-order valence-corrected chi connectivity index (χ0v) is 12.2. The number of rotatable bonds is 1. The molecule has 1 N–H and O–H groups in total. The zero-order chi connectivity index (χ0) is 15.1. The number of fused-ring (bicyclic) bond motifs is 1. The predicted molar refractivity (Wildman–Crippen MR) is 80.6 cm³/mol. The van der Waals surface area contributed by atoms with Gasteiger partial charge in [-0.15, -0.1) is 0 Å². The third-order valence-electron chi connectivity index (χ3n) is 3.58. The number of pyridine rings is 2. The van der Waals surface area contributed by atoms with Crippen molar-refractivity contribution in [3.63, 3.8) is 0 Å². The maximum Gasteiger partial charge on any atom is 0.256 e. The van der Waals surface area contributed by atoms with E-state index in [9.17, 15) is 9.18 Å². The molecule has 0 fully saturated rings. The van der Waals surface area contributed by atoms with Crippen molar-refractivity contribution in [1.82, 2.24) is 4.98 Å². The molecule has 3 aromatic rings. The van der Waals surface area contributed by atoms with Crippen LogP contribution in [0.3, 0.4) is 0 Å². The second-order valence-electron chi connectivity index (χ2n) is 5.44. The summed E-state index contributed by atoms with van der Waals surface area (Å²) in [6.45, 7) is 4.00. The Labute approximate surface area is 121 Å². The number of H-pyrrole nitrogens is 1. The maximum atomic E-state index is 13.5. The maximum absolute atomic E-state index is 13.5. The number of hydrogen-bond donors (Lipinski definition) is 1. The van der Waals surface area contributed by atoms with Crippen LogP contribution in [0.1, 0.15) is 11.1 Å². The second kappa shape index (κ2) is 4.81. The second-order valence-corrected chi connectivity index (χ2v) is 5.44. The highest BCUT2D eigenvalue weighted by Crippen LogP contribution is 2.26. The van der Waals surface area contributed by atoms with E-state index >= 15 is 0 Å². The monoisotopic (exact) mass is 283 g/mol. The molecule has 1 aromatic carbocycles. The SMILES string of the molecule is Cc1cc(-c2cc(F)c[nH]c2=O)c2c(c1)cc(C)c[n+]2C. The molecule has 0 atom stereocenters. The van der Waals surface area contributed by atoms with E-state index in [1.54, 1.807) is 0 Å². The molecule has 3 rings (SSSR count). The highest BCUT2D eigenvalue weighted by molar-refractivity contribution is 5.92. The van der Waals surface area contributed by atoms with Crippen LogP contribution >= 0.6 is 0 Å². The highest BCUT2D eigenvalue weighted by atomic mass is 19.1. The topological polar surface area (TPSA) is 36.7 Å². The Balaban J connectivity index is 2.47. The average Bonchev–Trinajstić information content (AvgIpc) is 2.39. The van der Waals surface area contributed by atoms with Gasteiger partial charge in [-0.25, -0.2) is 8.96 Å². The third-order valence-corrected chi connectivity index (χ3v) is 3.58. The summed E-state index contributed by atoms with van der Waals surface area (Å²) in [5, 5.41) is 1.04. The summed E-state index contributed by atoms with van der Waals surface area (Å²) in [4.78, 5) is 14.5. The molecule has 21 heavy (non-hydrogen) atoms. The molecule has 0 aliphatic rings. The molecule has 4 heteroatoms. The Morgan fingerprint density at radius 3 is 2.52 bits per heavy atom.